The lowest BCUT2D eigenvalue weighted by Crippen LogP contribution is -2.28. The number of ketones is 1. The van der Waals surface area contributed by atoms with E-state index in [2.05, 4.69) is 10.6 Å². The van der Waals surface area contributed by atoms with Crippen molar-refractivity contribution in [2.24, 2.45) is 0 Å². The third kappa shape index (κ3) is 4.25. The number of hydrogen-bond acceptors (Lipinski definition) is 4. The van der Waals surface area contributed by atoms with E-state index >= 15 is 0 Å². The number of ether oxygens (including phenoxy) is 1. The van der Waals surface area contributed by atoms with Gasteiger partial charge in [0.15, 0.2) is 5.78 Å². The monoisotopic (exact) mass is 328 g/mol. The number of nitrogens with one attached hydrogen (secondary N) is 2. The number of carbonyl (C=O) groups excluding carboxylic acids is 2. The van der Waals surface area contributed by atoms with Crippen molar-refractivity contribution in [3.8, 4) is 11.5 Å². The molecule has 2 aromatic carbocycles. The zero-order valence-electron chi connectivity index (χ0n) is 13.8. The summed E-state index contributed by atoms with van der Waals surface area (Å²) in [6.45, 7) is 3.70. The van der Waals surface area contributed by atoms with Crippen LogP contribution in [0.2, 0.25) is 0 Å². The molecule has 0 radical (unpaired) electrons. The molecule has 0 aliphatic rings. The van der Waals surface area contributed by atoms with Crippen LogP contribution in [0.15, 0.2) is 36.4 Å². The van der Waals surface area contributed by atoms with Gasteiger partial charge in [-0.2, -0.15) is 0 Å². The van der Waals surface area contributed by atoms with Crippen LogP contribution in [-0.4, -0.2) is 24.0 Å². The van der Waals surface area contributed by atoms with Crippen molar-refractivity contribution >= 4 is 17.5 Å². The first kappa shape index (κ1) is 17.3. The van der Waals surface area contributed by atoms with Gasteiger partial charge in [-0.15, -0.1) is 0 Å². The number of urea groups is 1. The van der Waals surface area contributed by atoms with Gasteiger partial charge >= 0.3 is 6.03 Å². The molecule has 0 fully saturated rings. The van der Waals surface area contributed by atoms with Gasteiger partial charge in [-0.1, -0.05) is 29.8 Å². The van der Waals surface area contributed by atoms with E-state index in [1.807, 2.05) is 31.2 Å². The molecule has 126 valence electrons. The number of amides is 2. The molecule has 2 rings (SSSR count). The zero-order chi connectivity index (χ0) is 17.7. The molecule has 2 amide bonds. The van der Waals surface area contributed by atoms with Crippen LogP contribution in [0.5, 0.6) is 11.5 Å². The van der Waals surface area contributed by atoms with Gasteiger partial charge in [0.2, 0.25) is 0 Å². The fourth-order valence-corrected chi connectivity index (χ4v) is 2.17. The second-order valence-electron chi connectivity index (χ2n) is 5.42. The van der Waals surface area contributed by atoms with Gasteiger partial charge in [0.05, 0.1) is 18.4 Å². The minimum atomic E-state index is -0.436. The molecule has 0 bridgehead atoms. The number of carbonyl (C=O) groups is 2. The maximum absolute atomic E-state index is 12.1. The molecular formula is C18H20N2O4. The predicted octanol–water partition coefficient (Wildman–Crippen LogP) is 3.23. The molecule has 0 aliphatic heterocycles. The smallest absolute Gasteiger partial charge is 0.319 e. The summed E-state index contributed by atoms with van der Waals surface area (Å²) in [4.78, 5) is 23.6. The summed E-state index contributed by atoms with van der Waals surface area (Å²) >= 11 is 0. The first-order valence-electron chi connectivity index (χ1n) is 7.43. The number of Topliss-reactive ketones (excluding diaryl/α,β-unsaturated/α-hetero) is 1. The van der Waals surface area contributed by atoms with Crippen LogP contribution in [0.3, 0.4) is 0 Å². The van der Waals surface area contributed by atoms with Crippen LogP contribution in [0.1, 0.15) is 28.4 Å². The van der Waals surface area contributed by atoms with Crippen molar-refractivity contribution in [3.63, 3.8) is 0 Å². The zero-order valence-corrected chi connectivity index (χ0v) is 13.8. The molecule has 6 nitrogen and oxygen atoms in total. The Morgan fingerprint density at radius 1 is 1.17 bits per heavy atom. The average Bonchev–Trinajstić information content (AvgIpc) is 2.55. The molecule has 0 saturated heterocycles. The van der Waals surface area contributed by atoms with E-state index in [0.29, 0.717) is 12.2 Å². The highest BCUT2D eigenvalue weighted by atomic mass is 16.5. The van der Waals surface area contributed by atoms with Gasteiger partial charge in [-0.3, -0.25) is 4.79 Å². The summed E-state index contributed by atoms with van der Waals surface area (Å²) in [7, 11) is 1.41. The Morgan fingerprint density at radius 2 is 1.83 bits per heavy atom. The Morgan fingerprint density at radius 3 is 2.42 bits per heavy atom. The molecule has 0 saturated carbocycles. The number of phenols is 1. The number of hydrogen-bond donors (Lipinski definition) is 3. The van der Waals surface area contributed by atoms with Crippen molar-refractivity contribution in [2.45, 2.75) is 20.4 Å². The molecule has 2 aromatic rings. The summed E-state index contributed by atoms with van der Waals surface area (Å²) in [5, 5.41) is 15.2. The van der Waals surface area contributed by atoms with E-state index in [9.17, 15) is 14.7 Å². The molecule has 0 heterocycles. The number of aryl methyl sites for hydroxylation is 1. The van der Waals surface area contributed by atoms with Gasteiger partial charge in [-0.05, 0) is 25.5 Å². The Kier molecular flexibility index (Phi) is 5.42. The van der Waals surface area contributed by atoms with E-state index in [1.54, 1.807) is 0 Å². The van der Waals surface area contributed by atoms with Crippen molar-refractivity contribution in [3.05, 3.63) is 53.1 Å². The summed E-state index contributed by atoms with van der Waals surface area (Å²) < 4.78 is 5.12. The number of aromatic hydroxyl groups is 1. The molecule has 3 N–H and O–H groups in total. The Balaban J connectivity index is 2.08. The summed E-state index contributed by atoms with van der Waals surface area (Å²) in [5.74, 6) is -0.230. The molecule has 0 aromatic heterocycles. The van der Waals surface area contributed by atoms with Crippen molar-refractivity contribution in [1.29, 1.82) is 0 Å². The normalized spacial score (nSPS) is 10.1. The maximum Gasteiger partial charge on any atom is 0.319 e. The molecule has 0 aliphatic carbocycles. The van der Waals surface area contributed by atoms with Gasteiger partial charge in [-0.25, -0.2) is 4.79 Å². The number of rotatable bonds is 5. The van der Waals surface area contributed by atoms with Crippen molar-refractivity contribution in [2.75, 3.05) is 12.4 Å². The number of methoxy groups -OCH3 is 1. The van der Waals surface area contributed by atoms with Crippen LogP contribution in [0, 0.1) is 6.92 Å². The molecule has 0 spiro atoms. The predicted molar refractivity (Wildman–Crippen MR) is 91.7 cm³/mol. The van der Waals surface area contributed by atoms with Crippen LogP contribution >= 0.6 is 0 Å². The molecule has 6 heteroatoms. The number of benzene rings is 2. The quantitative estimate of drug-likeness (QED) is 0.581. The lowest BCUT2D eigenvalue weighted by atomic mass is 10.1. The minimum Gasteiger partial charge on any atom is -0.507 e. The molecular weight excluding hydrogens is 308 g/mol. The highest BCUT2D eigenvalue weighted by molar-refractivity contribution is 6.00. The third-order valence-electron chi connectivity index (χ3n) is 3.52. The molecule has 0 unspecified atom stereocenters. The fraction of sp³-hybridized carbons (Fsp3) is 0.222. The second kappa shape index (κ2) is 7.50. The topological polar surface area (TPSA) is 87.7 Å². The Labute approximate surface area is 140 Å². The summed E-state index contributed by atoms with van der Waals surface area (Å²) in [5.41, 5.74) is 2.54. The van der Waals surface area contributed by atoms with E-state index in [-0.39, 0.29) is 22.8 Å². The Bertz CT molecular complexity index is 754. The SMILES string of the molecule is COc1cc(O)c(C(C)=O)cc1NC(=O)NCc1ccc(C)cc1. The van der Waals surface area contributed by atoms with E-state index in [4.69, 9.17) is 4.74 Å². The van der Waals surface area contributed by atoms with E-state index < -0.39 is 6.03 Å². The van der Waals surface area contributed by atoms with Gasteiger partial charge in [0.1, 0.15) is 11.5 Å². The van der Waals surface area contributed by atoms with Crippen molar-refractivity contribution < 1.29 is 19.4 Å². The first-order valence-corrected chi connectivity index (χ1v) is 7.43. The highest BCUT2D eigenvalue weighted by Gasteiger charge is 2.14. The lowest BCUT2D eigenvalue weighted by Gasteiger charge is -2.13. The van der Waals surface area contributed by atoms with Crippen LogP contribution in [-0.2, 0) is 6.54 Å². The van der Waals surface area contributed by atoms with Gasteiger partial charge in [0.25, 0.3) is 0 Å². The molecule has 24 heavy (non-hydrogen) atoms. The minimum absolute atomic E-state index is 0.115. The first-order chi connectivity index (χ1) is 11.4. The van der Waals surface area contributed by atoms with Crippen LogP contribution in [0.4, 0.5) is 10.5 Å². The van der Waals surface area contributed by atoms with Crippen LogP contribution in [0.25, 0.3) is 0 Å². The summed E-state index contributed by atoms with van der Waals surface area (Å²) in [6.07, 6.45) is 0. The standard InChI is InChI=1S/C18H20N2O4/c1-11-4-6-13(7-5-11)10-19-18(23)20-15-8-14(12(2)21)16(22)9-17(15)24-3/h4-9,22H,10H2,1-3H3,(H2,19,20,23). The van der Waals surface area contributed by atoms with Crippen molar-refractivity contribution in [1.82, 2.24) is 5.32 Å². The third-order valence-corrected chi connectivity index (χ3v) is 3.52. The van der Waals surface area contributed by atoms with E-state index in [0.717, 1.165) is 11.1 Å². The lowest BCUT2D eigenvalue weighted by molar-refractivity contribution is 0.101. The van der Waals surface area contributed by atoms with Gasteiger partial charge < -0.3 is 20.5 Å². The summed E-state index contributed by atoms with van der Waals surface area (Å²) in [6, 6.07) is 10.1. The Hall–Kier alpha value is -3.02. The second-order valence-corrected chi connectivity index (χ2v) is 5.42. The average molecular weight is 328 g/mol. The highest BCUT2D eigenvalue weighted by Crippen LogP contribution is 2.32. The fourth-order valence-electron chi connectivity index (χ4n) is 2.17. The van der Waals surface area contributed by atoms with Crippen LogP contribution < -0.4 is 15.4 Å². The number of anilines is 1. The maximum atomic E-state index is 12.1. The number of phenolic OH excluding ortho intramolecular Hbond substituents is 1. The molecule has 0 atom stereocenters. The van der Waals surface area contributed by atoms with E-state index in [1.165, 1.54) is 26.2 Å². The largest absolute Gasteiger partial charge is 0.507 e. The van der Waals surface area contributed by atoms with Gasteiger partial charge in [0, 0.05) is 12.6 Å².